The zero-order valence-electron chi connectivity index (χ0n) is 14.8. The Bertz CT molecular complexity index is 1000. The van der Waals surface area contributed by atoms with Crippen molar-refractivity contribution < 1.29 is 18.3 Å². The molecule has 1 saturated heterocycles. The van der Waals surface area contributed by atoms with Crippen molar-refractivity contribution in [2.75, 3.05) is 6.54 Å². The summed E-state index contributed by atoms with van der Waals surface area (Å²) >= 11 is 0.930. The zero-order valence-corrected chi connectivity index (χ0v) is 15.6. The van der Waals surface area contributed by atoms with Crippen LogP contribution >= 0.6 is 11.3 Å². The molecule has 1 fully saturated rings. The molecular weight excluding hydrogens is 374 g/mol. The van der Waals surface area contributed by atoms with Gasteiger partial charge in [-0.15, -0.1) is 11.3 Å². The number of halogens is 2. The average molecular weight is 392 g/mol. The first-order chi connectivity index (χ1) is 12.9. The van der Waals surface area contributed by atoms with Crippen LogP contribution in [0.5, 0.6) is 5.75 Å². The van der Waals surface area contributed by atoms with E-state index in [1.807, 2.05) is 26.2 Å². The minimum Gasteiger partial charge on any atom is -0.490 e. The molecule has 0 bridgehead atoms. The second kappa shape index (κ2) is 6.88. The van der Waals surface area contributed by atoms with Gasteiger partial charge in [-0.1, -0.05) is 0 Å². The lowest BCUT2D eigenvalue weighted by atomic mass is 10.0. The van der Waals surface area contributed by atoms with E-state index in [2.05, 4.69) is 15.4 Å². The highest BCUT2D eigenvalue weighted by atomic mass is 32.1. The van der Waals surface area contributed by atoms with Gasteiger partial charge in [0.05, 0.1) is 16.6 Å². The summed E-state index contributed by atoms with van der Waals surface area (Å²) in [6.45, 7) is 2.51. The summed E-state index contributed by atoms with van der Waals surface area (Å²) in [5, 5.41) is 9.46. The van der Waals surface area contributed by atoms with Crippen molar-refractivity contribution in [2.24, 2.45) is 13.0 Å². The van der Waals surface area contributed by atoms with Crippen molar-refractivity contribution in [3.05, 3.63) is 28.7 Å². The van der Waals surface area contributed by atoms with Crippen LogP contribution in [0.2, 0.25) is 0 Å². The Labute approximate surface area is 158 Å². The van der Waals surface area contributed by atoms with Crippen LogP contribution in [0.3, 0.4) is 0 Å². The maximum Gasteiger partial charge on any atom is 0.289 e. The van der Waals surface area contributed by atoms with Crippen molar-refractivity contribution in [3.63, 3.8) is 0 Å². The van der Waals surface area contributed by atoms with Gasteiger partial charge in [-0.2, -0.15) is 5.10 Å². The first-order valence-corrected chi connectivity index (χ1v) is 9.43. The van der Waals surface area contributed by atoms with Crippen molar-refractivity contribution in [1.82, 2.24) is 20.1 Å². The van der Waals surface area contributed by atoms with Crippen LogP contribution in [0.4, 0.5) is 8.78 Å². The SMILES string of the molecule is CC(Oc1cc(-c2csc(C(F)F)n2)cc2nn(C)cc12)[C@H]1CNC(=O)C1. The molecule has 1 N–H and O–H groups in total. The van der Waals surface area contributed by atoms with E-state index < -0.39 is 6.43 Å². The normalized spacial score (nSPS) is 18.3. The Morgan fingerprint density at radius 3 is 2.89 bits per heavy atom. The number of aryl methyl sites for hydroxylation is 1. The summed E-state index contributed by atoms with van der Waals surface area (Å²) in [4.78, 5) is 15.5. The molecule has 1 amide bonds. The Morgan fingerprint density at radius 1 is 1.41 bits per heavy atom. The zero-order chi connectivity index (χ0) is 19.1. The van der Waals surface area contributed by atoms with Gasteiger partial charge in [0.25, 0.3) is 6.43 Å². The lowest BCUT2D eigenvalue weighted by Crippen LogP contribution is -2.25. The number of ether oxygens (including phenoxy) is 1. The van der Waals surface area contributed by atoms with E-state index >= 15 is 0 Å². The second-order valence-electron chi connectivity index (χ2n) is 6.67. The summed E-state index contributed by atoms with van der Waals surface area (Å²) in [5.41, 5.74) is 1.84. The van der Waals surface area contributed by atoms with Gasteiger partial charge in [0.2, 0.25) is 5.91 Å². The lowest BCUT2D eigenvalue weighted by molar-refractivity contribution is -0.119. The predicted octanol–water partition coefficient (Wildman–Crippen LogP) is 3.54. The lowest BCUT2D eigenvalue weighted by Gasteiger charge is -2.20. The third-order valence-electron chi connectivity index (χ3n) is 4.69. The minimum atomic E-state index is -2.59. The van der Waals surface area contributed by atoms with Gasteiger partial charge in [-0.25, -0.2) is 13.8 Å². The van der Waals surface area contributed by atoms with Crippen LogP contribution in [0.25, 0.3) is 22.2 Å². The maximum atomic E-state index is 12.9. The molecule has 27 heavy (non-hydrogen) atoms. The van der Waals surface area contributed by atoms with Crippen molar-refractivity contribution in [1.29, 1.82) is 0 Å². The molecule has 142 valence electrons. The number of hydrogen-bond acceptors (Lipinski definition) is 5. The van der Waals surface area contributed by atoms with Gasteiger partial charge >= 0.3 is 0 Å². The number of nitrogens with one attached hydrogen (secondary N) is 1. The smallest absolute Gasteiger partial charge is 0.289 e. The maximum absolute atomic E-state index is 12.9. The Kier molecular flexibility index (Phi) is 4.55. The predicted molar refractivity (Wildman–Crippen MR) is 98.0 cm³/mol. The third kappa shape index (κ3) is 3.51. The monoisotopic (exact) mass is 392 g/mol. The molecule has 1 aliphatic heterocycles. The van der Waals surface area contributed by atoms with Gasteiger partial charge in [0.1, 0.15) is 11.9 Å². The number of hydrogen-bond donors (Lipinski definition) is 1. The fraction of sp³-hybridized carbons (Fsp3) is 0.389. The van der Waals surface area contributed by atoms with Gasteiger partial charge < -0.3 is 10.1 Å². The first kappa shape index (κ1) is 17.8. The van der Waals surface area contributed by atoms with E-state index in [9.17, 15) is 13.6 Å². The molecule has 0 radical (unpaired) electrons. The topological polar surface area (TPSA) is 69.0 Å². The number of thiazole rings is 1. The van der Waals surface area contributed by atoms with Gasteiger partial charge in [0, 0.05) is 43.1 Å². The van der Waals surface area contributed by atoms with Crippen LogP contribution in [0.1, 0.15) is 24.8 Å². The molecular formula is C18H18F2N4O2S. The van der Waals surface area contributed by atoms with Crippen LogP contribution in [-0.2, 0) is 11.8 Å². The number of nitrogens with zero attached hydrogens (tertiary/aromatic N) is 3. The quantitative estimate of drug-likeness (QED) is 0.721. The van der Waals surface area contributed by atoms with Gasteiger partial charge in [-0.3, -0.25) is 9.48 Å². The molecule has 0 saturated carbocycles. The summed E-state index contributed by atoms with van der Waals surface area (Å²) < 4.78 is 33.6. The molecule has 6 nitrogen and oxygen atoms in total. The number of carbonyl (C=O) groups excluding carboxylic acids is 1. The van der Waals surface area contributed by atoms with Crippen LogP contribution < -0.4 is 10.1 Å². The van der Waals surface area contributed by atoms with Crippen LogP contribution in [0, 0.1) is 5.92 Å². The standard InChI is InChI=1S/C18H18F2N4O2S/c1-9(11-5-16(25)21-6-11)26-15-4-10(3-13-12(15)7-24(2)23-13)14-8-27-18(22-14)17(19)20/h3-4,7-9,11,17H,5-6H2,1-2H3,(H,21,25)/t9?,11-/m1/s1. The molecule has 1 aromatic carbocycles. The highest BCUT2D eigenvalue weighted by Gasteiger charge is 2.28. The second-order valence-corrected chi connectivity index (χ2v) is 7.56. The Balaban J connectivity index is 1.70. The summed E-state index contributed by atoms with van der Waals surface area (Å²) in [6.07, 6.45) is -0.494. The summed E-state index contributed by atoms with van der Waals surface area (Å²) in [5.74, 6) is 0.712. The number of alkyl halides is 2. The highest BCUT2D eigenvalue weighted by molar-refractivity contribution is 7.10. The molecule has 0 aliphatic carbocycles. The molecule has 4 rings (SSSR count). The molecule has 2 atom stereocenters. The Morgan fingerprint density at radius 2 is 2.22 bits per heavy atom. The molecule has 3 heterocycles. The molecule has 3 aromatic rings. The number of aromatic nitrogens is 3. The van der Waals surface area contributed by atoms with Gasteiger partial charge in [0.15, 0.2) is 5.01 Å². The molecule has 9 heteroatoms. The molecule has 1 aliphatic rings. The highest BCUT2D eigenvalue weighted by Crippen LogP contribution is 2.35. The fourth-order valence-corrected chi connectivity index (χ4v) is 3.91. The van der Waals surface area contributed by atoms with E-state index in [0.29, 0.717) is 35.5 Å². The average Bonchev–Trinajstić information content (AvgIpc) is 3.32. The molecule has 0 spiro atoms. The third-order valence-corrected chi connectivity index (χ3v) is 5.54. The number of rotatable bonds is 5. The van der Waals surface area contributed by atoms with E-state index in [4.69, 9.17) is 4.74 Å². The first-order valence-electron chi connectivity index (χ1n) is 8.55. The van der Waals surface area contributed by atoms with E-state index in [-0.39, 0.29) is 22.9 Å². The minimum absolute atomic E-state index is 0.0257. The Hall–Kier alpha value is -2.55. The summed E-state index contributed by atoms with van der Waals surface area (Å²) in [7, 11) is 1.81. The van der Waals surface area contributed by atoms with Crippen molar-refractivity contribution in [3.8, 4) is 17.0 Å². The molecule has 2 aromatic heterocycles. The fourth-order valence-electron chi connectivity index (χ4n) is 3.23. The summed E-state index contributed by atoms with van der Waals surface area (Å²) in [6, 6.07) is 3.62. The number of carbonyl (C=O) groups is 1. The molecule has 1 unspecified atom stereocenters. The largest absolute Gasteiger partial charge is 0.490 e. The van der Waals surface area contributed by atoms with E-state index in [0.717, 1.165) is 16.7 Å². The number of fused-ring (bicyclic) bond motifs is 1. The number of benzene rings is 1. The van der Waals surface area contributed by atoms with E-state index in [1.54, 1.807) is 16.1 Å². The van der Waals surface area contributed by atoms with Crippen LogP contribution in [0.15, 0.2) is 23.7 Å². The van der Waals surface area contributed by atoms with Crippen LogP contribution in [-0.4, -0.2) is 33.3 Å². The van der Waals surface area contributed by atoms with Crippen molar-refractivity contribution >= 4 is 28.1 Å². The van der Waals surface area contributed by atoms with E-state index in [1.165, 1.54) is 0 Å². The van der Waals surface area contributed by atoms with Gasteiger partial charge in [-0.05, 0) is 19.1 Å². The van der Waals surface area contributed by atoms with Crippen molar-refractivity contribution in [2.45, 2.75) is 25.9 Å². The number of amides is 1.